The van der Waals surface area contributed by atoms with E-state index in [2.05, 4.69) is 70.4 Å². The van der Waals surface area contributed by atoms with Crippen molar-refractivity contribution in [1.82, 2.24) is 0 Å². The van der Waals surface area contributed by atoms with Gasteiger partial charge in [0.2, 0.25) is 0 Å². The maximum Gasteiger partial charge on any atom is 0.0522 e. The molecule has 1 aromatic carbocycles. The van der Waals surface area contributed by atoms with Crippen LogP contribution in [0.15, 0.2) is 40.2 Å². The second-order valence-electron chi connectivity index (χ2n) is 5.05. The van der Waals surface area contributed by atoms with E-state index in [0.717, 1.165) is 24.0 Å². The molecule has 0 radical (unpaired) electrons. The first kappa shape index (κ1) is 15.5. The standard InChI is InChI=1S/C16H21BrN2S/c1-3-19(11-15-5-4-8-20-15)16-10-14(17)7-6-13(16)9-12(2)18/h4-8,10,12H,3,9,11,18H2,1-2H3. The molecule has 0 saturated heterocycles. The van der Waals surface area contributed by atoms with Crippen LogP contribution in [0.2, 0.25) is 0 Å². The first-order valence-electron chi connectivity index (χ1n) is 6.91. The topological polar surface area (TPSA) is 29.3 Å². The van der Waals surface area contributed by atoms with Crippen LogP contribution in [0.4, 0.5) is 5.69 Å². The fraction of sp³-hybridized carbons (Fsp3) is 0.375. The van der Waals surface area contributed by atoms with Gasteiger partial charge < -0.3 is 10.6 Å². The van der Waals surface area contributed by atoms with Crippen molar-refractivity contribution in [2.75, 3.05) is 11.4 Å². The molecule has 0 bridgehead atoms. The van der Waals surface area contributed by atoms with Gasteiger partial charge in [0.05, 0.1) is 6.54 Å². The van der Waals surface area contributed by atoms with E-state index in [0.29, 0.717) is 0 Å². The SMILES string of the molecule is CCN(Cc1cccs1)c1cc(Br)ccc1CC(C)N. The van der Waals surface area contributed by atoms with Crippen molar-refractivity contribution in [2.45, 2.75) is 32.9 Å². The summed E-state index contributed by atoms with van der Waals surface area (Å²) in [7, 11) is 0. The Balaban J connectivity index is 2.29. The van der Waals surface area contributed by atoms with Gasteiger partial charge in [-0.3, -0.25) is 0 Å². The van der Waals surface area contributed by atoms with Crippen LogP contribution in [0, 0.1) is 0 Å². The zero-order valence-corrected chi connectivity index (χ0v) is 14.4. The highest BCUT2D eigenvalue weighted by Gasteiger charge is 2.12. The average Bonchev–Trinajstić information content (AvgIpc) is 2.90. The van der Waals surface area contributed by atoms with E-state index in [9.17, 15) is 0 Å². The maximum atomic E-state index is 5.98. The molecule has 0 aliphatic rings. The Morgan fingerprint density at radius 2 is 2.15 bits per heavy atom. The molecule has 1 atom stereocenters. The number of hydrogen-bond donors (Lipinski definition) is 1. The van der Waals surface area contributed by atoms with Gasteiger partial charge in [0.1, 0.15) is 0 Å². The molecule has 2 aromatic rings. The molecule has 4 heteroatoms. The number of nitrogens with zero attached hydrogens (tertiary/aromatic N) is 1. The van der Waals surface area contributed by atoms with Crippen LogP contribution < -0.4 is 10.6 Å². The van der Waals surface area contributed by atoms with Crippen LogP contribution >= 0.6 is 27.3 Å². The summed E-state index contributed by atoms with van der Waals surface area (Å²) in [6, 6.07) is 11.0. The molecule has 108 valence electrons. The van der Waals surface area contributed by atoms with Gasteiger partial charge in [-0.05, 0) is 49.4 Å². The third-order valence-corrected chi connectivity index (χ3v) is 4.59. The number of anilines is 1. The second-order valence-corrected chi connectivity index (χ2v) is 7.00. The lowest BCUT2D eigenvalue weighted by atomic mass is 10.0. The number of rotatable bonds is 6. The van der Waals surface area contributed by atoms with E-state index >= 15 is 0 Å². The third-order valence-electron chi connectivity index (χ3n) is 3.24. The molecule has 1 aromatic heterocycles. The Morgan fingerprint density at radius 3 is 2.75 bits per heavy atom. The third kappa shape index (κ3) is 4.08. The Hall–Kier alpha value is -0.840. The monoisotopic (exact) mass is 352 g/mol. The summed E-state index contributed by atoms with van der Waals surface area (Å²) < 4.78 is 1.12. The molecule has 0 aliphatic carbocycles. The highest BCUT2D eigenvalue weighted by Crippen LogP contribution is 2.28. The fourth-order valence-electron chi connectivity index (χ4n) is 2.31. The normalized spacial score (nSPS) is 12.4. The Morgan fingerprint density at radius 1 is 1.35 bits per heavy atom. The summed E-state index contributed by atoms with van der Waals surface area (Å²) >= 11 is 5.39. The lowest BCUT2D eigenvalue weighted by Crippen LogP contribution is -2.25. The molecule has 1 unspecified atom stereocenters. The maximum absolute atomic E-state index is 5.98. The van der Waals surface area contributed by atoms with Crippen LogP contribution in [-0.4, -0.2) is 12.6 Å². The van der Waals surface area contributed by atoms with Crippen molar-refractivity contribution >= 4 is 33.0 Å². The van der Waals surface area contributed by atoms with E-state index < -0.39 is 0 Å². The van der Waals surface area contributed by atoms with Gasteiger partial charge in [0, 0.05) is 27.6 Å². The number of nitrogens with two attached hydrogens (primary N) is 1. The lowest BCUT2D eigenvalue weighted by Gasteiger charge is -2.26. The van der Waals surface area contributed by atoms with Gasteiger partial charge in [0.15, 0.2) is 0 Å². The largest absolute Gasteiger partial charge is 0.366 e. The minimum absolute atomic E-state index is 0.176. The van der Waals surface area contributed by atoms with Crippen molar-refractivity contribution in [1.29, 1.82) is 0 Å². The fourth-order valence-corrected chi connectivity index (χ4v) is 3.38. The van der Waals surface area contributed by atoms with Crippen molar-refractivity contribution < 1.29 is 0 Å². The predicted octanol–water partition coefficient (Wildman–Crippen LogP) is 4.43. The van der Waals surface area contributed by atoms with Gasteiger partial charge in [-0.1, -0.05) is 28.1 Å². The second kappa shape index (κ2) is 7.25. The van der Waals surface area contributed by atoms with Gasteiger partial charge in [0.25, 0.3) is 0 Å². The Labute approximate surface area is 133 Å². The zero-order valence-electron chi connectivity index (χ0n) is 12.0. The van der Waals surface area contributed by atoms with Gasteiger partial charge in [-0.15, -0.1) is 11.3 Å². The van der Waals surface area contributed by atoms with Crippen molar-refractivity contribution in [3.05, 3.63) is 50.6 Å². The minimum atomic E-state index is 0.176. The quantitative estimate of drug-likeness (QED) is 0.833. The summed E-state index contributed by atoms with van der Waals surface area (Å²) in [6.45, 7) is 6.20. The molecular weight excluding hydrogens is 332 g/mol. The molecule has 20 heavy (non-hydrogen) atoms. The van der Waals surface area contributed by atoms with Crippen LogP contribution in [0.25, 0.3) is 0 Å². The highest BCUT2D eigenvalue weighted by atomic mass is 79.9. The Kier molecular flexibility index (Phi) is 5.64. The van der Waals surface area contributed by atoms with E-state index in [1.807, 2.05) is 11.3 Å². The summed E-state index contributed by atoms with van der Waals surface area (Å²) in [5, 5.41) is 2.13. The molecule has 2 N–H and O–H groups in total. The molecule has 2 nitrogen and oxygen atoms in total. The first-order valence-corrected chi connectivity index (χ1v) is 8.58. The van der Waals surface area contributed by atoms with Crippen molar-refractivity contribution in [3.63, 3.8) is 0 Å². The van der Waals surface area contributed by atoms with Gasteiger partial charge >= 0.3 is 0 Å². The highest BCUT2D eigenvalue weighted by molar-refractivity contribution is 9.10. The van der Waals surface area contributed by atoms with E-state index in [1.54, 1.807) is 0 Å². The van der Waals surface area contributed by atoms with Gasteiger partial charge in [-0.25, -0.2) is 0 Å². The summed E-state index contributed by atoms with van der Waals surface area (Å²) in [6.07, 6.45) is 0.906. The summed E-state index contributed by atoms with van der Waals surface area (Å²) in [4.78, 5) is 3.80. The number of hydrogen-bond acceptors (Lipinski definition) is 3. The van der Waals surface area contributed by atoms with E-state index in [-0.39, 0.29) is 6.04 Å². The number of benzene rings is 1. The molecular formula is C16H21BrN2S. The molecule has 0 fully saturated rings. The van der Waals surface area contributed by atoms with E-state index in [4.69, 9.17) is 5.73 Å². The van der Waals surface area contributed by atoms with Gasteiger partial charge in [-0.2, -0.15) is 0 Å². The van der Waals surface area contributed by atoms with Crippen LogP contribution in [0.1, 0.15) is 24.3 Å². The summed E-state index contributed by atoms with van der Waals surface area (Å²) in [5.74, 6) is 0. The van der Waals surface area contributed by atoms with Crippen LogP contribution in [0.3, 0.4) is 0 Å². The molecule has 1 heterocycles. The Bertz CT molecular complexity index is 537. The van der Waals surface area contributed by atoms with E-state index in [1.165, 1.54) is 16.1 Å². The predicted molar refractivity (Wildman–Crippen MR) is 92.5 cm³/mol. The van der Waals surface area contributed by atoms with Crippen molar-refractivity contribution in [2.24, 2.45) is 5.73 Å². The molecule has 0 saturated carbocycles. The van der Waals surface area contributed by atoms with Crippen molar-refractivity contribution in [3.8, 4) is 0 Å². The zero-order chi connectivity index (χ0) is 14.5. The number of thiophene rings is 1. The van der Waals surface area contributed by atoms with Crippen LogP contribution in [-0.2, 0) is 13.0 Å². The lowest BCUT2D eigenvalue weighted by molar-refractivity contribution is 0.730. The number of halogens is 1. The average molecular weight is 353 g/mol. The molecule has 0 spiro atoms. The van der Waals surface area contributed by atoms with Crippen LogP contribution in [0.5, 0.6) is 0 Å². The summed E-state index contributed by atoms with van der Waals surface area (Å²) in [5.41, 5.74) is 8.59. The smallest absolute Gasteiger partial charge is 0.0522 e. The molecule has 0 amide bonds. The molecule has 2 rings (SSSR count). The first-order chi connectivity index (χ1) is 9.60. The minimum Gasteiger partial charge on any atom is -0.366 e. The molecule has 0 aliphatic heterocycles.